The van der Waals surface area contributed by atoms with Crippen molar-refractivity contribution in [1.29, 1.82) is 0 Å². The molecule has 2 aromatic carbocycles. The normalized spacial score (nSPS) is 14.3. The molecule has 0 saturated carbocycles. The second-order valence-electron chi connectivity index (χ2n) is 6.54. The van der Waals surface area contributed by atoms with E-state index >= 15 is 0 Å². The van der Waals surface area contributed by atoms with Crippen LogP contribution in [0, 0.1) is 13.8 Å². The first-order valence-electron chi connectivity index (χ1n) is 8.69. The first-order chi connectivity index (χ1) is 12.5. The SMILES string of the molecule is COc1ccc(Cl)cc1N1CCN(C(=O)Nc2ccc(C)cc2C)CC1. The minimum atomic E-state index is -0.0605. The fourth-order valence-corrected chi connectivity index (χ4v) is 3.38. The van der Waals surface area contributed by atoms with Gasteiger partial charge in [0.2, 0.25) is 0 Å². The summed E-state index contributed by atoms with van der Waals surface area (Å²) in [7, 11) is 1.65. The number of halogens is 1. The van der Waals surface area contributed by atoms with Crippen molar-refractivity contribution >= 4 is 29.0 Å². The Morgan fingerprint density at radius 3 is 2.46 bits per heavy atom. The van der Waals surface area contributed by atoms with Crippen LogP contribution in [0.4, 0.5) is 16.2 Å². The van der Waals surface area contributed by atoms with E-state index in [1.165, 1.54) is 5.56 Å². The number of piperazine rings is 1. The fraction of sp³-hybridized carbons (Fsp3) is 0.350. The molecule has 0 aliphatic carbocycles. The molecule has 1 heterocycles. The van der Waals surface area contributed by atoms with Gasteiger partial charge >= 0.3 is 6.03 Å². The molecule has 1 fully saturated rings. The van der Waals surface area contributed by atoms with Gasteiger partial charge in [0, 0.05) is 36.9 Å². The predicted octanol–water partition coefficient (Wildman–Crippen LogP) is 4.32. The highest BCUT2D eigenvalue weighted by atomic mass is 35.5. The van der Waals surface area contributed by atoms with Crippen LogP contribution in [0.2, 0.25) is 5.02 Å². The van der Waals surface area contributed by atoms with Gasteiger partial charge in [0.25, 0.3) is 0 Å². The average molecular weight is 374 g/mol. The highest BCUT2D eigenvalue weighted by molar-refractivity contribution is 6.30. The number of carbonyl (C=O) groups excluding carboxylic acids is 1. The molecule has 2 amide bonds. The summed E-state index contributed by atoms with van der Waals surface area (Å²) in [6.45, 7) is 6.81. The zero-order chi connectivity index (χ0) is 18.7. The summed E-state index contributed by atoms with van der Waals surface area (Å²) in [6.07, 6.45) is 0. The summed E-state index contributed by atoms with van der Waals surface area (Å²) in [5.74, 6) is 0.794. The third-order valence-electron chi connectivity index (χ3n) is 4.67. The number of nitrogens with one attached hydrogen (secondary N) is 1. The largest absolute Gasteiger partial charge is 0.495 e. The Hall–Kier alpha value is -2.40. The molecule has 138 valence electrons. The quantitative estimate of drug-likeness (QED) is 0.871. The van der Waals surface area contributed by atoms with Gasteiger partial charge in [-0.3, -0.25) is 0 Å². The molecule has 2 aromatic rings. The van der Waals surface area contributed by atoms with E-state index in [2.05, 4.69) is 16.3 Å². The van der Waals surface area contributed by atoms with Gasteiger partial charge in [-0.2, -0.15) is 0 Å². The minimum Gasteiger partial charge on any atom is -0.495 e. The molecule has 1 aliphatic rings. The number of hydrogen-bond acceptors (Lipinski definition) is 3. The van der Waals surface area contributed by atoms with Gasteiger partial charge in [-0.15, -0.1) is 0 Å². The van der Waals surface area contributed by atoms with E-state index in [9.17, 15) is 4.79 Å². The van der Waals surface area contributed by atoms with Gasteiger partial charge < -0.3 is 19.9 Å². The summed E-state index contributed by atoms with van der Waals surface area (Å²) in [5, 5.41) is 3.69. The van der Waals surface area contributed by atoms with Crippen molar-refractivity contribution in [3.63, 3.8) is 0 Å². The molecule has 3 rings (SSSR count). The standard InChI is InChI=1S/C20H24ClN3O2/c1-14-4-6-17(15(2)12-14)22-20(25)24-10-8-23(9-11-24)18-13-16(21)5-7-19(18)26-3/h4-7,12-13H,8-11H2,1-3H3,(H,22,25). The Bertz CT molecular complexity index is 802. The molecule has 5 nitrogen and oxygen atoms in total. The Kier molecular flexibility index (Phi) is 5.57. The molecular formula is C20H24ClN3O2. The van der Waals surface area contributed by atoms with Gasteiger partial charge in [-0.05, 0) is 43.7 Å². The number of amides is 2. The van der Waals surface area contributed by atoms with Crippen molar-refractivity contribution in [2.24, 2.45) is 0 Å². The molecule has 1 aliphatic heterocycles. The van der Waals surface area contributed by atoms with E-state index in [0.717, 1.165) is 35.8 Å². The number of anilines is 2. The number of aryl methyl sites for hydroxylation is 2. The van der Waals surface area contributed by atoms with Crippen molar-refractivity contribution in [1.82, 2.24) is 4.90 Å². The Balaban J connectivity index is 1.63. The summed E-state index contributed by atoms with van der Waals surface area (Å²) in [6, 6.07) is 11.6. The van der Waals surface area contributed by atoms with Crippen molar-refractivity contribution in [2.45, 2.75) is 13.8 Å². The van der Waals surface area contributed by atoms with Gasteiger partial charge in [-0.1, -0.05) is 29.3 Å². The average Bonchev–Trinajstić information content (AvgIpc) is 2.64. The van der Waals surface area contributed by atoms with Crippen LogP contribution in [0.25, 0.3) is 0 Å². The van der Waals surface area contributed by atoms with Gasteiger partial charge in [0.15, 0.2) is 0 Å². The molecule has 0 atom stereocenters. The number of hydrogen-bond donors (Lipinski definition) is 1. The van der Waals surface area contributed by atoms with Crippen molar-refractivity contribution < 1.29 is 9.53 Å². The molecule has 1 N–H and O–H groups in total. The smallest absolute Gasteiger partial charge is 0.321 e. The van der Waals surface area contributed by atoms with Crippen LogP contribution in [0.3, 0.4) is 0 Å². The lowest BCUT2D eigenvalue weighted by Gasteiger charge is -2.36. The highest BCUT2D eigenvalue weighted by Gasteiger charge is 2.23. The van der Waals surface area contributed by atoms with Crippen molar-refractivity contribution in [2.75, 3.05) is 43.5 Å². The molecule has 0 radical (unpaired) electrons. The first-order valence-corrected chi connectivity index (χ1v) is 9.07. The van der Waals surface area contributed by atoms with Crippen molar-refractivity contribution in [3.05, 3.63) is 52.5 Å². The lowest BCUT2D eigenvalue weighted by molar-refractivity contribution is 0.208. The van der Waals surface area contributed by atoms with Gasteiger partial charge in [0.1, 0.15) is 5.75 Å². The lowest BCUT2D eigenvalue weighted by Crippen LogP contribution is -2.50. The summed E-state index contributed by atoms with van der Waals surface area (Å²) in [4.78, 5) is 16.6. The summed E-state index contributed by atoms with van der Waals surface area (Å²) >= 11 is 6.13. The third kappa shape index (κ3) is 4.05. The van der Waals surface area contributed by atoms with E-state index in [-0.39, 0.29) is 6.03 Å². The number of benzene rings is 2. The fourth-order valence-electron chi connectivity index (χ4n) is 3.21. The van der Waals surface area contributed by atoms with Crippen molar-refractivity contribution in [3.8, 4) is 5.75 Å². The third-order valence-corrected chi connectivity index (χ3v) is 4.91. The number of nitrogens with zero attached hydrogens (tertiary/aromatic N) is 2. The van der Waals surface area contributed by atoms with E-state index < -0.39 is 0 Å². The van der Waals surface area contributed by atoms with Crippen LogP contribution < -0.4 is 15.0 Å². The zero-order valence-corrected chi connectivity index (χ0v) is 16.1. The molecule has 6 heteroatoms. The number of rotatable bonds is 3. The second-order valence-corrected chi connectivity index (χ2v) is 6.98. The number of ether oxygens (including phenoxy) is 1. The Labute approximate surface area is 159 Å². The first kappa shape index (κ1) is 18.4. The van der Waals surface area contributed by atoms with Crippen LogP contribution in [0.1, 0.15) is 11.1 Å². The van der Waals surface area contributed by atoms with Crippen LogP contribution in [0.5, 0.6) is 5.75 Å². The lowest BCUT2D eigenvalue weighted by atomic mass is 10.1. The maximum atomic E-state index is 12.6. The molecule has 0 spiro atoms. The van der Waals surface area contributed by atoms with Gasteiger partial charge in [0.05, 0.1) is 12.8 Å². The highest BCUT2D eigenvalue weighted by Crippen LogP contribution is 2.32. The second kappa shape index (κ2) is 7.87. The van der Waals surface area contributed by atoms with E-state index in [0.29, 0.717) is 18.1 Å². The van der Waals surface area contributed by atoms with E-state index in [1.54, 1.807) is 7.11 Å². The summed E-state index contributed by atoms with van der Waals surface area (Å²) < 4.78 is 5.44. The van der Waals surface area contributed by atoms with Crippen LogP contribution in [0.15, 0.2) is 36.4 Å². The number of carbonyl (C=O) groups is 1. The predicted molar refractivity (Wildman–Crippen MR) is 107 cm³/mol. The molecule has 1 saturated heterocycles. The molecule has 26 heavy (non-hydrogen) atoms. The van der Waals surface area contributed by atoms with Gasteiger partial charge in [-0.25, -0.2) is 4.79 Å². The maximum Gasteiger partial charge on any atom is 0.321 e. The molecule has 0 bridgehead atoms. The molecule has 0 aromatic heterocycles. The molecule has 0 unspecified atom stereocenters. The van der Waals surface area contributed by atoms with Crippen LogP contribution in [-0.4, -0.2) is 44.2 Å². The minimum absolute atomic E-state index is 0.0605. The molecular weight excluding hydrogens is 350 g/mol. The van der Waals surface area contributed by atoms with Crippen LogP contribution in [-0.2, 0) is 0 Å². The number of methoxy groups -OCH3 is 1. The Morgan fingerprint density at radius 2 is 1.81 bits per heavy atom. The monoisotopic (exact) mass is 373 g/mol. The topological polar surface area (TPSA) is 44.8 Å². The zero-order valence-electron chi connectivity index (χ0n) is 15.4. The Morgan fingerprint density at radius 1 is 1.08 bits per heavy atom. The van der Waals surface area contributed by atoms with E-state index in [4.69, 9.17) is 16.3 Å². The van der Waals surface area contributed by atoms with Crippen LogP contribution >= 0.6 is 11.6 Å². The maximum absolute atomic E-state index is 12.6. The van der Waals surface area contributed by atoms with E-state index in [1.807, 2.05) is 49.1 Å². The summed E-state index contributed by atoms with van der Waals surface area (Å²) in [5.41, 5.74) is 4.08. The number of urea groups is 1.